The van der Waals surface area contributed by atoms with E-state index in [-0.39, 0.29) is 12.5 Å². The minimum absolute atomic E-state index is 0.186. The van der Waals surface area contributed by atoms with Gasteiger partial charge in [-0.2, -0.15) is 0 Å². The van der Waals surface area contributed by atoms with Crippen LogP contribution in [-0.2, 0) is 16.6 Å². The second-order valence-corrected chi connectivity index (χ2v) is 4.27. The molecule has 7 heteroatoms. The number of hydrogen-bond acceptors (Lipinski definition) is 5. The van der Waals surface area contributed by atoms with Gasteiger partial charge in [-0.15, -0.1) is 0 Å². The number of hydrogen-bond donors (Lipinski definition) is 1. The van der Waals surface area contributed by atoms with Gasteiger partial charge in [0, 0.05) is 25.0 Å². The van der Waals surface area contributed by atoms with Crippen molar-refractivity contribution in [2.45, 2.75) is 0 Å². The fourth-order valence-electron chi connectivity index (χ4n) is 1.59. The Labute approximate surface area is 121 Å². The molecule has 0 radical (unpaired) electrons. The van der Waals surface area contributed by atoms with Crippen molar-refractivity contribution in [3.63, 3.8) is 0 Å². The summed E-state index contributed by atoms with van der Waals surface area (Å²) in [5.74, 6) is -0.335. The van der Waals surface area contributed by atoms with Crippen LogP contribution in [0.3, 0.4) is 0 Å². The Morgan fingerprint density at radius 3 is 2.86 bits per heavy atom. The van der Waals surface area contributed by atoms with Gasteiger partial charge in [0.2, 0.25) is 0 Å². The summed E-state index contributed by atoms with van der Waals surface area (Å²) in [5, 5.41) is 2.70. The lowest BCUT2D eigenvalue weighted by atomic mass is 10.3. The molecule has 0 aliphatic rings. The highest BCUT2D eigenvalue weighted by Gasteiger charge is 2.09. The molecular formula is C14H15N3O4. The number of imidazole rings is 1. The van der Waals surface area contributed by atoms with Gasteiger partial charge in [0.25, 0.3) is 5.91 Å². The number of aromatic nitrogens is 2. The van der Waals surface area contributed by atoms with Gasteiger partial charge >= 0.3 is 5.97 Å². The van der Waals surface area contributed by atoms with E-state index in [0.717, 1.165) is 0 Å². The molecule has 7 nitrogen and oxygen atoms in total. The highest BCUT2D eigenvalue weighted by molar-refractivity contribution is 6.02. The van der Waals surface area contributed by atoms with Crippen LogP contribution >= 0.6 is 0 Å². The summed E-state index contributed by atoms with van der Waals surface area (Å²) in [5.41, 5.74) is 0.867. The molecule has 2 rings (SSSR count). The summed E-state index contributed by atoms with van der Waals surface area (Å²) in [6.07, 6.45) is 3.16. The van der Waals surface area contributed by atoms with Crippen molar-refractivity contribution in [3.8, 4) is 5.75 Å². The van der Waals surface area contributed by atoms with Gasteiger partial charge in [0.1, 0.15) is 11.4 Å². The van der Waals surface area contributed by atoms with Crippen LogP contribution < -0.4 is 10.1 Å². The number of methoxy groups -OCH3 is 1. The maximum atomic E-state index is 11.9. The maximum Gasteiger partial charge on any atom is 0.343 e. The number of amides is 1. The number of aryl methyl sites for hydroxylation is 1. The summed E-state index contributed by atoms with van der Waals surface area (Å²) in [6, 6.07) is 6.72. The van der Waals surface area contributed by atoms with Gasteiger partial charge in [-0.3, -0.25) is 4.79 Å². The van der Waals surface area contributed by atoms with Gasteiger partial charge in [-0.05, 0) is 12.1 Å². The van der Waals surface area contributed by atoms with Crippen molar-refractivity contribution in [3.05, 3.63) is 42.5 Å². The predicted octanol–water partition coefficient (Wildman–Crippen LogP) is 1.22. The van der Waals surface area contributed by atoms with Crippen LogP contribution in [0.2, 0.25) is 0 Å². The van der Waals surface area contributed by atoms with Crippen molar-refractivity contribution in [1.82, 2.24) is 9.55 Å². The molecule has 1 N–H and O–H groups in total. The van der Waals surface area contributed by atoms with E-state index in [4.69, 9.17) is 4.74 Å². The molecule has 0 aliphatic carbocycles. The molecule has 0 atom stereocenters. The molecule has 0 bridgehead atoms. The molecule has 0 fully saturated rings. The van der Waals surface area contributed by atoms with E-state index < -0.39 is 5.97 Å². The van der Waals surface area contributed by atoms with Crippen LogP contribution in [0.4, 0.5) is 5.69 Å². The van der Waals surface area contributed by atoms with E-state index in [0.29, 0.717) is 17.1 Å². The Hall–Kier alpha value is -2.83. The number of carbonyl (C=O) groups is 2. The zero-order valence-electron chi connectivity index (χ0n) is 11.7. The van der Waals surface area contributed by atoms with Crippen LogP contribution in [0.5, 0.6) is 5.75 Å². The zero-order valence-corrected chi connectivity index (χ0v) is 11.7. The highest BCUT2D eigenvalue weighted by Crippen LogP contribution is 2.18. The Balaban J connectivity index is 2.00. The Morgan fingerprint density at radius 1 is 1.38 bits per heavy atom. The molecular weight excluding hydrogens is 274 g/mol. The lowest BCUT2D eigenvalue weighted by molar-refractivity contribution is -0.142. The lowest BCUT2D eigenvalue weighted by Crippen LogP contribution is -2.14. The van der Waals surface area contributed by atoms with E-state index in [1.807, 2.05) is 0 Å². The third-order valence-corrected chi connectivity index (χ3v) is 2.61. The maximum absolute atomic E-state index is 11.9. The minimum Gasteiger partial charge on any atom is -0.482 e. The molecule has 0 aliphatic heterocycles. The monoisotopic (exact) mass is 289 g/mol. The van der Waals surface area contributed by atoms with Crippen molar-refractivity contribution in [2.75, 3.05) is 19.0 Å². The van der Waals surface area contributed by atoms with Gasteiger partial charge < -0.3 is 19.4 Å². The van der Waals surface area contributed by atoms with Crippen LogP contribution in [0.25, 0.3) is 0 Å². The average molecular weight is 289 g/mol. The number of nitrogens with zero attached hydrogens (tertiary/aromatic N) is 2. The summed E-state index contributed by atoms with van der Waals surface area (Å²) in [4.78, 5) is 26.9. The summed E-state index contributed by atoms with van der Waals surface area (Å²) < 4.78 is 11.4. The van der Waals surface area contributed by atoms with E-state index in [1.54, 1.807) is 48.4 Å². The minimum atomic E-state index is -0.474. The van der Waals surface area contributed by atoms with E-state index in [9.17, 15) is 9.59 Å². The van der Waals surface area contributed by atoms with E-state index in [2.05, 4.69) is 15.0 Å². The third-order valence-electron chi connectivity index (χ3n) is 2.61. The molecule has 1 amide bonds. The largest absolute Gasteiger partial charge is 0.482 e. The fraction of sp³-hybridized carbons (Fsp3) is 0.214. The zero-order chi connectivity index (χ0) is 15.2. The van der Waals surface area contributed by atoms with Crippen LogP contribution in [0, 0.1) is 0 Å². The average Bonchev–Trinajstić information content (AvgIpc) is 2.92. The molecule has 0 unspecified atom stereocenters. The predicted molar refractivity (Wildman–Crippen MR) is 75.1 cm³/mol. The molecule has 0 saturated carbocycles. The molecule has 110 valence electrons. The van der Waals surface area contributed by atoms with Crippen LogP contribution in [-0.4, -0.2) is 35.1 Å². The molecule has 1 aromatic heterocycles. The van der Waals surface area contributed by atoms with Gasteiger partial charge in [0.05, 0.1) is 13.4 Å². The van der Waals surface area contributed by atoms with Gasteiger partial charge in [0.15, 0.2) is 6.61 Å². The standard InChI is InChI=1S/C14H15N3O4/c1-17-7-12(15-9-17)14(19)16-10-4-3-5-11(6-10)21-8-13(18)20-2/h3-7,9H,8H2,1-2H3,(H,16,19). The van der Waals surface area contributed by atoms with E-state index >= 15 is 0 Å². The SMILES string of the molecule is COC(=O)COc1cccc(NC(=O)c2cn(C)cn2)c1. The number of ether oxygens (including phenoxy) is 2. The first-order valence-corrected chi connectivity index (χ1v) is 6.17. The summed E-state index contributed by atoms with van der Waals surface area (Å²) in [7, 11) is 3.07. The Kier molecular flexibility index (Phi) is 4.55. The highest BCUT2D eigenvalue weighted by atomic mass is 16.6. The summed E-state index contributed by atoms with van der Waals surface area (Å²) >= 11 is 0. The molecule has 1 aromatic carbocycles. The molecule has 2 aromatic rings. The first-order valence-electron chi connectivity index (χ1n) is 6.17. The first-order chi connectivity index (χ1) is 10.1. The number of nitrogens with one attached hydrogen (secondary N) is 1. The molecule has 0 saturated heterocycles. The van der Waals surface area contributed by atoms with Crippen molar-refractivity contribution in [2.24, 2.45) is 7.05 Å². The van der Waals surface area contributed by atoms with Crippen LogP contribution in [0.15, 0.2) is 36.8 Å². The van der Waals surface area contributed by atoms with Gasteiger partial charge in [-0.25, -0.2) is 9.78 Å². The number of anilines is 1. The number of benzene rings is 1. The number of esters is 1. The number of rotatable bonds is 5. The normalized spacial score (nSPS) is 10.0. The Bertz CT molecular complexity index is 651. The van der Waals surface area contributed by atoms with Crippen molar-refractivity contribution in [1.29, 1.82) is 0 Å². The molecule has 0 spiro atoms. The van der Waals surface area contributed by atoms with E-state index in [1.165, 1.54) is 7.11 Å². The van der Waals surface area contributed by atoms with Crippen LogP contribution in [0.1, 0.15) is 10.5 Å². The Morgan fingerprint density at radius 2 is 2.19 bits per heavy atom. The second-order valence-electron chi connectivity index (χ2n) is 4.27. The smallest absolute Gasteiger partial charge is 0.343 e. The van der Waals surface area contributed by atoms with Crippen molar-refractivity contribution >= 4 is 17.6 Å². The molecule has 21 heavy (non-hydrogen) atoms. The quantitative estimate of drug-likeness (QED) is 0.837. The van der Waals surface area contributed by atoms with Crippen molar-refractivity contribution < 1.29 is 19.1 Å². The molecule has 1 heterocycles. The third kappa shape index (κ3) is 4.07. The number of carbonyl (C=O) groups excluding carboxylic acids is 2. The fourth-order valence-corrected chi connectivity index (χ4v) is 1.59. The first kappa shape index (κ1) is 14.6. The summed E-state index contributed by atoms with van der Waals surface area (Å²) in [6.45, 7) is -0.186. The lowest BCUT2D eigenvalue weighted by Gasteiger charge is -2.07. The van der Waals surface area contributed by atoms with Gasteiger partial charge in [-0.1, -0.05) is 6.07 Å². The topological polar surface area (TPSA) is 82.5 Å². The second kappa shape index (κ2) is 6.56.